The fourth-order valence-electron chi connectivity index (χ4n) is 3.96. The zero-order valence-corrected chi connectivity index (χ0v) is 17.8. The molecule has 1 fully saturated rings. The molecule has 31 heavy (non-hydrogen) atoms. The van der Waals surface area contributed by atoms with Gasteiger partial charge in [0, 0.05) is 48.2 Å². The van der Waals surface area contributed by atoms with E-state index < -0.39 is 0 Å². The van der Waals surface area contributed by atoms with Crippen molar-refractivity contribution >= 4 is 6.09 Å². The number of nitrogens with zero attached hydrogens (tertiary/aromatic N) is 3. The number of aromatic amines is 1. The van der Waals surface area contributed by atoms with Gasteiger partial charge >= 0.3 is 6.09 Å². The first kappa shape index (κ1) is 21.0. The first-order chi connectivity index (χ1) is 15.0. The molecule has 0 radical (unpaired) electrons. The maximum atomic E-state index is 13.4. The van der Waals surface area contributed by atoms with Crippen molar-refractivity contribution in [1.29, 1.82) is 0 Å². The number of likely N-dealkylation sites (tertiary alicyclic amines) is 1. The molecule has 0 spiro atoms. The summed E-state index contributed by atoms with van der Waals surface area (Å²) in [5, 5.41) is 7.84. The van der Waals surface area contributed by atoms with Crippen molar-refractivity contribution < 1.29 is 13.9 Å². The minimum Gasteiger partial charge on any atom is -0.449 e. The summed E-state index contributed by atoms with van der Waals surface area (Å²) in [5.41, 5.74) is 4.71. The molecule has 0 atom stereocenters. The van der Waals surface area contributed by atoms with Gasteiger partial charge in [0.25, 0.3) is 0 Å². The van der Waals surface area contributed by atoms with Crippen LogP contribution in [0.15, 0.2) is 48.8 Å². The summed E-state index contributed by atoms with van der Waals surface area (Å²) in [6.45, 7) is 5.77. The molecule has 162 valence electrons. The van der Waals surface area contributed by atoms with Crippen LogP contribution in [-0.4, -0.2) is 45.9 Å². The zero-order valence-electron chi connectivity index (χ0n) is 17.8. The monoisotopic (exact) mass is 422 g/mol. The number of carbonyl (C=O) groups excluding carboxylic acids is 1. The number of benzene rings is 1. The number of hydrogen-bond acceptors (Lipinski definition) is 4. The Morgan fingerprint density at radius 1 is 1.13 bits per heavy atom. The number of halogens is 1. The number of pyridine rings is 1. The molecule has 4 rings (SSSR count). The lowest BCUT2D eigenvalue weighted by molar-refractivity contribution is 0.0833. The maximum Gasteiger partial charge on any atom is 0.409 e. The van der Waals surface area contributed by atoms with Crippen LogP contribution in [0.2, 0.25) is 0 Å². The van der Waals surface area contributed by atoms with Crippen LogP contribution in [0.4, 0.5) is 9.18 Å². The molecule has 6 nitrogen and oxygen atoms in total. The van der Waals surface area contributed by atoms with Gasteiger partial charge in [0.15, 0.2) is 0 Å². The van der Waals surface area contributed by atoms with Crippen LogP contribution in [0.25, 0.3) is 22.4 Å². The van der Waals surface area contributed by atoms with E-state index in [9.17, 15) is 9.18 Å². The molecule has 3 heterocycles. The average molecular weight is 423 g/mol. The summed E-state index contributed by atoms with van der Waals surface area (Å²) in [6, 6.07) is 10.3. The molecule has 7 heteroatoms. The van der Waals surface area contributed by atoms with Crippen molar-refractivity contribution in [2.45, 2.75) is 32.6 Å². The number of H-pyrrole nitrogens is 1. The molecule has 2 aromatic heterocycles. The Balaban J connectivity index is 1.58. The average Bonchev–Trinajstić information content (AvgIpc) is 3.24. The molecule has 1 N–H and O–H groups in total. The van der Waals surface area contributed by atoms with Crippen LogP contribution in [0, 0.1) is 11.7 Å². The minimum atomic E-state index is -0.276. The van der Waals surface area contributed by atoms with Crippen molar-refractivity contribution in [1.82, 2.24) is 20.1 Å². The topological polar surface area (TPSA) is 71.1 Å². The van der Waals surface area contributed by atoms with E-state index in [1.54, 1.807) is 29.4 Å². The molecule has 0 saturated carbocycles. The van der Waals surface area contributed by atoms with E-state index in [0.717, 1.165) is 40.9 Å². The molecular formula is C24H27FN4O2. The number of aromatic nitrogens is 3. The van der Waals surface area contributed by atoms with Gasteiger partial charge < -0.3 is 9.64 Å². The molecule has 1 amide bonds. The van der Waals surface area contributed by atoms with Gasteiger partial charge in [0.05, 0.1) is 6.61 Å². The largest absolute Gasteiger partial charge is 0.449 e. The number of nitrogens with one attached hydrogen (secondary N) is 1. The van der Waals surface area contributed by atoms with Crippen molar-refractivity contribution in [3.8, 4) is 22.4 Å². The minimum absolute atomic E-state index is 0.235. The predicted octanol–water partition coefficient (Wildman–Crippen LogP) is 5.25. The molecule has 1 aromatic carbocycles. The Labute approximate surface area is 181 Å². The Hall–Kier alpha value is -3.22. The van der Waals surface area contributed by atoms with Crippen LogP contribution in [0.1, 0.15) is 38.3 Å². The Morgan fingerprint density at radius 3 is 2.45 bits per heavy atom. The normalized spacial score (nSPS) is 14.8. The summed E-state index contributed by atoms with van der Waals surface area (Å²) in [6.07, 6.45) is 4.92. The highest BCUT2D eigenvalue weighted by Crippen LogP contribution is 2.39. The van der Waals surface area contributed by atoms with E-state index in [4.69, 9.17) is 4.74 Å². The predicted molar refractivity (Wildman–Crippen MR) is 117 cm³/mol. The maximum absolute atomic E-state index is 13.4. The van der Waals surface area contributed by atoms with Crippen LogP contribution >= 0.6 is 0 Å². The van der Waals surface area contributed by atoms with Gasteiger partial charge in [-0.3, -0.25) is 10.1 Å². The number of rotatable bonds is 5. The van der Waals surface area contributed by atoms with Gasteiger partial charge in [-0.15, -0.1) is 0 Å². The van der Waals surface area contributed by atoms with Crippen LogP contribution in [-0.2, 0) is 4.74 Å². The molecule has 0 bridgehead atoms. The van der Waals surface area contributed by atoms with Crippen molar-refractivity contribution in [3.05, 3.63) is 60.3 Å². The van der Waals surface area contributed by atoms with Gasteiger partial charge in [-0.25, -0.2) is 9.18 Å². The third-order valence-corrected chi connectivity index (χ3v) is 5.58. The van der Waals surface area contributed by atoms with Gasteiger partial charge in [-0.05, 0) is 60.7 Å². The summed E-state index contributed by atoms with van der Waals surface area (Å²) in [5.74, 6) is 0.278. The van der Waals surface area contributed by atoms with Gasteiger partial charge in [0.1, 0.15) is 11.5 Å². The van der Waals surface area contributed by atoms with E-state index >= 15 is 0 Å². The lowest BCUT2D eigenvalue weighted by atomic mass is 9.88. The third-order valence-electron chi connectivity index (χ3n) is 5.58. The lowest BCUT2D eigenvalue weighted by Gasteiger charge is -2.31. The SMILES string of the molecule is CC(C)COC(=O)N1CCC(c2[nH]nc(-c3ccc(F)cc3)c2-c2ccncc2)CC1. The molecule has 0 aliphatic carbocycles. The number of amides is 1. The molecule has 1 aliphatic rings. The van der Waals surface area contributed by atoms with Gasteiger partial charge in [-0.2, -0.15) is 5.10 Å². The van der Waals surface area contributed by atoms with Crippen molar-refractivity contribution in [2.75, 3.05) is 19.7 Å². The summed E-state index contributed by atoms with van der Waals surface area (Å²) in [4.78, 5) is 18.2. The Morgan fingerprint density at radius 2 is 1.81 bits per heavy atom. The zero-order chi connectivity index (χ0) is 21.8. The summed E-state index contributed by atoms with van der Waals surface area (Å²) in [7, 11) is 0. The van der Waals surface area contributed by atoms with E-state index in [-0.39, 0.29) is 17.8 Å². The standard InChI is InChI=1S/C24H27FN4O2/c1-16(2)15-31-24(30)29-13-9-19(10-14-29)23-21(17-7-11-26-12-8-17)22(27-28-23)18-3-5-20(25)6-4-18/h3-8,11-12,16,19H,9-10,13-15H2,1-2H3,(H,27,28). The highest BCUT2D eigenvalue weighted by molar-refractivity contribution is 5.82. The van der Waals surface area contributed by atoms with Crippen molar-refractivity contribution in [2.24, 2.45) is 5.92 Å². The van der Waals surface area contributed by atoms with E-state index in [1.165, 1.54) is 12.1 Å². The Bertz CT molecular complexity index is 1010. The second-order valence-electron chi connectivity index (χ2n) is 8.34. The number of ether oxygens (including phenoxy) is 1. The molecule has 1 aliphatic heterocycles. The first-order valence-corrected chi connectivity index (χ1v) is 10.7. The van der Waals surface area contributed by atoms with Crippen LogP contribution in [0.5, 0.6) is 0 Å². The van der Waals surface area contributed by atoms with E-state index in [1.807, 2.05) is 26.0 Å². The third kappa shape index (κ3) is 4.76. The molecule has 3 aromatic rings. The summed E-state index contributed by atoms with van der Waals surface area (Å²) < 4.78 is 18.8. The fourth-order valence-corrected chi connectivity index (χ4v) is 3.96. The highest BCUT2D eigenvalue weighted by atomic mass is 19.1. The lowest BCUT2D eigenvalue weighted by Crippen LogP contribution is -2.38. The van der Waals surface area contributed by atoms with E-state index in [0.29, 0.717) is 25.6 Å². The molecular weight excluding hydrogens is 395 g/mol. The Kier molecular flexibility index (Phi) is 6.30. The van der Waals surface area contributed by atoms with Gasteiger partial charge in [-0.1, -0.05) is 13.8 Å². The molecule has 1 saturated heterocycles. The van der Waals surface area contributed by atoms with Crippen molar-refractivity contribution in [3.63, 3.8) is 0 Å². The first-order valence-electron chi connectivity index (χ1n) is 10.7. The highest BCUT2D eigenvalue weighted by Gasteiger charge is 2.29. The quantitative estimate of drug-likeness (QED) is 0.610. The fraction of sp³-hybridized carbons (Fsp3) is 0.375. The second kappa shape index (κ2) is 9.29. The number of piperidine rings is 1. The van der Waals surface area contributed by atoms with Crippen LogP contribution < -0.4 is 0 Å². The van der Waals surface area contributed by atoms with Gasteiger partial charge in [0.2, 0.25) is 0 Å². The number of carbonyl (C=O) groups is 1. The van der Waals surface area contributed by atoms with Crippen LogP contribution in [0.3, 0.4) is 0 Å². The molecule has 0 unspecified atom stereocenters. The second-order valence-corrected chi connectivity index (χ2v) is 8.34. The summed E-state index contributed by atoms with van der Waals surface area (Å²) >= 11 is 0. The number of hydrogen-bond donors (Lipinski definition) is 1. The smallest absolute Gasteiger partial charge is 0.409 e. The van der Waals surface area contributed by atoms with E-state index in [2.05, 4.69) is 15.2 Å².